The highest BCUT2D eigenvalue weighted by Crippen LogP contribution is 2.22. The lowest BCUT2D eigenvalue weighted by Crippen LogP contribution is -2.13. The molecule has 3 rings (SSSR count). The number of benzene rings is 3. The lowest BCUT2D eigenvalue weighted by atomic mass is 10.1. The Balaban J connectivity index is 1.69. The highest BCUT2D eigenvalue weighted by Gasteiger charge is 2.11. The minimum Gasteiger partial charge on any atom is -0.496 e. The molecule has 26 heavy (non-hydrogen) atoms. The molecular weight excluding hydrogens is 326 g/mol. The van der Waals surface area contributed by atoms with E-state index in [0.717, 1.165) is 11.4 Å². The van der Waals surface area contributed by atoms with E-state index in [4.69, 9.17) is 10.00 Å². The number of methoxy groups -OCH3 is 1. The van der Waals surface area contributed by atoms with Crippen molar-refractivity contribution in [2.24, 2.45) is 0 Å². The molecule has 0 saturated heterocycles. The number of carbonyl (C=O) groups is 1. The molecule has 3 aromatic carbocycles. The molecule has 5 heteroatoms. The average molecular weight is 343 g/mol. The van der Waals surface area contributed by atoms with Crippen LogP contribution >= 0.6 is 0 Å². The molecule has 0 aliphatic heterocycles. The second kappa shape index (κ2) is 7.86. The van der Waals surface area contributed by atoms with Crippen LogP contribution in [0.15, 0.2) is 72.8 Å². The summed E-state index contributed by atoms with van der Waals surface area (Å²) in [5, 5.41) is 15.0. The summed E-state index contributed by atoms with van der Waals surface area (Å²) in [6, 6.07) is 23.8. The number of anilines is 3. The number of para-hydroxylation sites is 1. The van der Waals surface area contributed by atoms with Crippen molar-refractivity contribution in [1.29, 1.82) is 5.26 Å². The van der Waals surface area contributed by atoms with Crippen molar-refractivity contribution >= 4 is 23.0 Å². The second-order valence-electron chi connectivity index (χ2n) is 5.55. The fourth-order valence-corrected chi connectivity index (χ4v) is 2.50. The fourth-order valence-electron chi connectivity index (χ4n) is 2.50. The van der Waals surface area contributed by atoms with Crippen LogP contribution in [-0.4, -0.2) is 13.0 Å². The summed E-state index contributed by atoms with van der Waals surface area (Å²) in [6.07, 6.45) is 0. The van der Waals surface area contributed by atoms with E-state index < -0.39 is 0 Å². The molecular formula is C21H17N3O2. The number of nitrogens with one attached hydrogen (secondary N) is 2. The minimum absolute atomic E-state index is 0.232. The third-order valence-electron chi connectivity index (χ3n) is 3.77. The van der Waals surface area contributed by atoms with E-state index in [2.05, 4.69) is 16.7 Å². The quantitative estimate of drug-likeness (QED) is 0.712. The first-order valence-corrected chi connectivity index (χ1v) is 8.01. The van der Waals surface area contributed by atoms with Crippen LogP contribution < -0.4 is 15.4 Å². The third kappa shape index (κ3) is 4.00. The van der Waals surface area contributed by atoms with E-state index in [0.29, 0.717) is 22.6 Å². The van der Waals surface area contributed by atoms with E-state index in [1.807, 2.05) is 42.5 Å². The first-order chi connectivity index (χ1) is 12.7. The lowest BCUT2D eigenvalue weighted by molar-refractivity contribution is 0.102. The van der Waals surface area contributed by atoms with E-state index in [1.54, 1.807) is 30.3 Å². The van der Waals surface area contributed by atoms with Crippen molar-refractivity contribution < 1.29 is 9.53 Å². The first-order valence-electron chi connectivity index (χ1n) is 8.01. The highest BCUT2D eigenvalue weighted by atomic mass is 16.5. The van der Waals surface area contributed by atoms with Gasteiger partial charge in [-0.15, -0.1) is 0 Å². The summed E-state index contributed by atoms with van der Waals surface area (Å²) in [5.41, 5.74) is 3.43. The number of rotatable bonds is 5. The summed E-state index contributed by atoms with van der Waals surface area (Å²) in [6.45, 7) is 0. The van der Waals surface area contributed by atoms with E-state index in [-0.39, 0.29) is 5.91 Å². The van der Waals surface area contributed by atoms with E-state index >= 15 is 0 Å². The number of hydrogen-bond donors (Lipinski definition) is 2. The molecule has 3 aromatic rings. The van der Waals surface area contributed by atoms with E-state index in [1.165, 1.54) is 7.11 Å². The van der Waals surface area contributed by atoms with Gasteiger partial charge in [-0.25, -0.2) is 0 Å². The Kier molecular flexibility index (Phi) is 5.16. The maximum absolute atomic E-state index is 12.4. The summed E-state index contributed by atoms with van der Waals surface area (Å²) in [4.78, 5) is 12.4. The monoisotopic (exact) mass is 343 g/mol. The smallest absolute Gasteiger partial charge is 0.259 e. The normalized spacial score (nSPS) is 9.85. The van der Waals surface area contributed by atoms with Gasteiger partial charge in [0.25, 0.3) is 5.91 Å². The van der Waals surface area contributed by atoms with Gasteiger partial charge in [0, 0.05) is 17.1 Å². The Morgan fingerprint density at radius 3 is 2.38 bits per heavy atom. The third-order valence-corrected chi connectivity index (χ3v) is 3.77. The maximum Gasteiger partial charge on any atom is 0.259 e. The molecule has 0 unspecified atom stereocenters. The number of ether oxygens (including phenoxy) is 1. The molecule has 0 saturated carbocycles. The van der Waals surface area contributed by atoms with Crippen LogP contribution in [0.25, 0.3) is 0 Å². The largest absolute Gasteiger partial charge is 0.496 e. The van der Waals surface area contributed by atoms with Gasteiger partial charge in [0.2, 0.25) is 0 Å². The number of amides is 1. The van der Waals surface area contributed by atoms with Crippen molar-refractivity contribution in [2.75, 3.05) is 17.7 Å². The van der Waals surface area contributed by atoms with Gasteiger partial charge in [0.05, 0.1) is 24.3 Å². The zero-order valence-electron chi connectivity index (χ0n) is 14.2. The molecule has 0 heterocycles. The van der Waals surface area contributed by atoms with Crippen molar-refractivity contribution in [3.63, 3.8) is 0 Å². The predicted molar refractivity (Wildman–Crippen MR) is 102 cm³/mol. The summed E-state index contributed by atoms with van der Waals surface area (Å²) >= 11 is 0. The SMILES string of the molecule is COc1ccccc1C(=O)Nc1ccc(Nc2cccc(C#N)c2)cc1. The zero-order valence-corrected chi connectivity index (χ0v) is 14.2. The van der Waals surface area contributed by atoms with Gasteiger partial charge in [-0.2, -0.15) is 5.26 Å². The Morgan fingerprint density at radius 1 is 0.923 bits per heavy atom. The minimum atomic E-state index is -0.232. The summed E-state index contributed by atoms with van der Waals surface area (Å²) < 4.78 is 5.21. The van der Waals surface area contributed by atoms with Crippen LogP contribution in [-0.2, 0) is 0 Å². The van der Waals surface area contributed by atoms with Crippen LogP contribution in [0.3, 0.4) is 0 Å². The summed E-state index contributed by atoms with van der Waals surface area (Å²) in [5.74, 6) is 0.297. The topological polar surface area (TPSA) is 74.2 Å². The fraction of sp³-hybridized carbons (Fsp3) is 0.0476. The molecule has 0 aromatic heterocycles. The molecule has 0 radical (unpaired) electrons. The Labute approximate surface area is 151 Å². The maximum atomic E-state index is 12.4. The second-order valence-corrected chi connectivity index (χ2v) is 5.55. The molecule has 2 N–H and O–H groups in total. The van der Waals surface area contributed by atoms with E-state index in [9.17, 15) is 4.79 Å². The van der Waals surface area contributed by atoms with Crippen LogP contribution in [0.1, 0.15) is 15.9 Å². The van der Waals surface area contributed by atoms with Crippen LogP contribution in [0.4, 0.5) is 17.1 Å². The Bertz CT molecular complexity index is 959. The van der Waals surface area contributed by atoms with Crippen LogP contribution in [0.2, 0.25) is 0 Å². The molecule has 0 atom stereocenters. The Morgan fingerprint density at radius 2 is 1.65 bits per heavy atom. The van der Waals surface area contributed by atoms with Gasteiger partial charge in [-0.3, -0.25) is 4.79 Å². The van der Waals surface area contributed by atoms with Crippen molar-refractivity contribution in [3.05, 3.63) is 83.9 Å². The highest BCUT2D eigenvalue weighted by molar-refractivity contribution is 6.06. The van der Waals surface area contributed by atoms with Crippen molar-refractivity contribution in [2.45, 2.75) is 0 Å². The summed E-state index contributed by atoms with van der Waals surface area (Å²) in [7, 11) is 1.54. The molecule has 128 valence electrons. The van der Waals surface area contributed by atoms with Gasteiger partial charge < -0.3 is 15.4 Å². The number of nitriles is 1. The number of nitrogens with zero attached hydrogens (tertiary/aromatic N) is 1. The van der Waals surface area contributed by atoms with Crippen molar-refractivity contribution in [1.82, 2.24) is 0 Å². The van der Waals surface area contributed by atoms with Gasteiger partial charge in [0.15, 0.2) is 0 Å². The molecule has 5 nitrogen and oxygen atoms in total. The molecule has 0 spiro atoms. The number of carbonyl (C=O) groups excluding carboxylic acids is 1. The zero-order chi connectivity index (χ0) is 18.4. The van der Waals surface area contributed by atoms with Crippen LogP contribution in [0, 0.1) is 11.3 Å². The predicted octanol–water partition coefficient (Wildman–Crippen LogP) is 4.56. The molecule has 0 bridgehead atoms. The Hall–Kier alpha value is -3.78. The lowest BCUT2D eigenvalue weighted by Gasteiger charge is -2.10. The molecule has 0 fully saturated rings. The molecule has 0 aliphatic rings. The van der Waals surface area contributed by atoms with Gasteiger partial charge in [-0.1, -0.05) is 18.2 Å². The molecule has 1 amide bonds. The standard InChI is InChI=1S/C21H17N3O2/c1-26-20-8-3-2-7-19(20)21(25)24-17-11-9-16(10-12-17)23-18-6-4-5-15(13-18)14-22/h2-13,23H,1H3,(H,24,25). The van der Waals surface area contributed by atoms with Crippen LogP contribution in [0.5, 0.6) is 5.75 Å². The molecule has 0 aliphatic carbocycles. The first kappa shape index (κ1) is 17.1. The van der Waals surface area contributed by atoms with Gasteiger partial charge in [0.1, 0.15) is 5.75 Å². The number of hydrogen-bond acceptors (Lipinski definition) is 4. The van der Waals surface area contributed by atoms with Gasteiger partial charge in [-0.05, 0) is 54.6 Å². The van der Waals surface area contributed by atoms with Gasteiger partial charge >= 0.3 is 0 Å². The average Bonchev–Trinajstić information content (AvgIpc) is 2.69. The van der Waals surface area contributed by atoms with Crippen molar-refractivity contribution in [3.8, 4) is 11.8 Å².